The van der Waals surface area contributed by atoms with Gasteiger partial charge in [-0.3, -0.25) is 0 Å². The van der Waals surface area contributed by atoms with Crippen molar-refractivity contribution in [1.29, 1.82) is 0 Å². The van der Waals surface area contributed by atoms with Gasteiger partial charge >= 0.3 is 0 Å². The van der Waals surface area contributed by atoms with Crippen molar-refractivity contribution >= 4 is 80.1 Å². The Kier molecular flexibility index (Phi) is 7.26. The lowest BCUT2D eigenvalue weighted by atomic mass is 9.98. The zero-order valence-electron chi connectivity index (χ0n) is 27.7. The van der Waals surface area contributed by atoms with Gasteiger partial charge in [-0.15, -0.1) is 22.7 Å². The molecule has 0 spiro atoms. The summed E-state index contributed by atoms with van der Waals surface area (Å²) in [7, 11) is 0. The molecule has 0 saturated heterocycles. The largest absolute Gasteiger partial charge is 0.308 e. The highest BCUT2D eigenvalue weighted by molar-refractivity contribution is 7.26. The molecule has 0 amide bonds. The molecule has 3 heteroatoms. The van der Waals surface area contributed by atoms with E-state index in [0.717, 1.165) is 11.4 Å². The molecule has 0 aliphatic heterocycles. The maximum Gasteiger partial charge on any atom is 0.0718 e. The molecule has 0 aliphatic carbocycles. The Hall–Kier alpha value is -6.00. The zero-order chi connectivity index (χ0) is 33.7. The summed E-state index contributed by atoms with van der Waals surface area (Å²) >= 11 is 3.74. The Bertz CT molecular complexity index is 2830. The lowest BCUT2D eigenvalue weighted by molar-refractivity contribution is 1.30. The monoisotopic (exact) mass is 685 g/mol. The van der Waals surface area contributed by atoms with Crippen LogP contribution in [0.15, 0.2) is 188 Å². The van der Waals surface area contributed by atoms with Gasteiger partial charge < -0.3 is 4.90 Å². The van der Waals surface area contributed by atoms with Gasteiger partial charge in [-0.1, -0.05) is 146 Å². The summed E-state index contributed by atoms with van der Waals surface area (Å²) in [6.45, 7) is 0. The molecule has 51 heavy (non-hydrogen) atoms. The van der Waals surface area contributed by atoms with Crippen LogP contribution in [0.4, 0.5) is 17.1 Å². The predicted octanol–water partition coefficient (Wildman–Crippen LogP) is 14.9. The first kappa shape index (κ1) is 29.9. The average Bonchev–Trinajstić information content (AvgIpc) is 3.77. The van der Waals surface area contributed by atoms with Crippen molar-refractivity contribution in [2.24, 2.45) is 0 Å². The van der Waals surface area contributed by atoms with E-state index in [1.165, 1.54) is 79.4 Å². The second kappa shape index (κ2) is 12.4. The third-order valence-electron chi connectivity index (χ3n) is 9.90. The molecule has 0 saturated carbocycles. The van der Waals surface area contributed by atoms with Gasteiger partial charge in [0.1, 0.15) is 0 Å². The van der Waals surface area contributed by atoms with Crippen LogP contribution in [0, 0.1) is 0 Å². The summed E-state index contributed by atoms with van der Waals surface area (Å²) in [4.78, 5) is 2.47. The van der Waals surface area contributed by atoms with Crippen LogP contribution in [0.2, 0.25) is 0 Å². The van der Waals surface area contributed by atoms with E-state index in [-0.39, 0.29) is 0 Å². The van der Waals surface area contributed by atoms with Gasteiger partial charge in [-0.25, -0.2) is 0 Å². The Labute approximate surface area is 304 Å². The van der Waals surface area contributed by atoms with E-state index >= 15 is 0 Å². The number of thiophene rings is 2. The maximum atomic E-state index is 2.47. The van der Waals surface area contributed by atoms with Crippen LogP contribution in [0.25, 0.3) is 73.7 Å². The van der Waals surface area contributed by atoms with Crippen molar-refractivity contribution in [1.82, 2.24) is 0 Å². The summed E-state index contributed by atoms with van der Waals surface area (Å²) < 4.78 is 5.23. The summed E-state index contributed by atoms with van der Waals surface area (Å²) in [5.74, 6) is 0. The number of rotatable bonds is 6. The van der Waals surface area contributed by atoms with Gasteiger partial charge in [0.2, 0.25) is 0 Å². The minimum atomic E-state index is 1.12. The van der Waals surface area contributed by atoms with Gasteiger partial charge in [0.15, 0.2) is 0 Å². The van der Waals surface area contributed by atoms with Crippen molar-refractivity contribution in [2.75, 3.05) is 4.90 Å². The number of anilines is 3. The quantitative estimate of drug-likeness (QED) is 0.168. The molecule has 2 aromatic heterocycles. The molecule has 240 valence electrons. The standard InChI is InChI=1S/C48H31NS2/c1-3-11-32(12-4-1)33-19-24-37(25-20-33)49(38-26-21-34(22-27-38)36-23-28-42-40-15-7-9-17-44(40)50-46(42)31-36)47-39(35-13-5-2-6-14-35)29-30-43-41-16-8-10-18-45(41)51-48(43)47/h1-31H. The summed E-state index contributed by atoms with van der Waals surface area (Å²) in [6.07, 6.45) is 0. The molecule has 0 atom stereocenters. The van der Waals surface area contributed by atoms with E-state index in [4.69, 9.17) is 0 Å². The lowest BCUT2D eigenvalue weighted by Gasteiger charge is -2.29. The lowest BCUT2D eigenvalue weighted by Crippen LogP contribution is -2.11. The van der Waals surface area contributed by atoms with E-state index in [0.29, 0.717) is 0 Å². The molecule has 0 bridgehead atoms. The van der Waals surface area contributed by atoms with E-state index in [1.54, 1.807) is 0 Å². The first-order valence-electron chi connectivity index (χ1n) is 17.3. The number of fused-ring (bicyclic) bond motifs is 6. The molecular weight excluding hydrogens is 655 g/mol. The van der Waals surface area contributed by atoms with Crippen molar-refractivity contribution in [3.8, 4) is 33.4 Å². The molecule has 0 aliphatic rings. The summed E-state index contributed by atoms with van der Waals surface area (Å²) in [5.41, 5.74) is 10.7. The van der Waals surface area contributed by atoms with Crippen LogP contribution in [0.5, 0.6) is 0 Å². The second-order valence-corrected chi connectivity index (χ2v) is 15.0. The van der Waals surface area contributed by atoms with E-state index in [9.17, 15) is 0 Å². The molecule has 10 rings (SSSR count). The highest BCUT2D eigenvalue weighted by Crippen LogP contribution is 2.50. The van der Waals surface area contributed by atoms with E-state index in [1.807, 2.05) is 22.7 Å². The molecular formula is C48H31NS2. The molecule has 0 radical (unpaired) electrons. The number of hydrogen-bond donors (Lipinski definition) is 0. The fourth-order valence-corrected chi connectivity index (χ4v) is 9.78. The van der Waals surface area contributed by atoms with Crippen molar-refractivity contribution in [2.45, 2.75) is 0 Å². The topological polar surface area (TPSA) is 3.24 Å². The summed E-state index contributed by atoms with van der Waals surface area (Å²) in [5, 5.41) is 5.23. The SMILES string of the molecule is c1ccc(-c2ccc(N(c3ccc(-c4ccc5c(c4)sc4ccccc45)cc3)c3c(-c4ccccc4)ccc4c3sc3ccccc34)cc2)cc1. The van der Waals surface area contributed by atoms with Gasteiger partial charge in [0, 0.05) is 52.6 Å². The first-order chi connectivity index (χ1) is 25.3. The van der Waals surface area contributed by atoms with Gasteiger partial charge in [0.05, 0.1) is 10.4 Å². The Morgan fingerprint density at radius 1 is 0.314 bits per heavy atom. The van der Waals surface area contributed by atoms with Gasteiger partial charge in [-0.05, 0) is 70.3 Å². The second-order valence-electron chi connectivity index (χ2n) is 12.9. The molecule has 8 aromatic carbocycles. The van der Waals surface area contributed by atoms with Crippen molar-refractivity contribution in [3.63, 3.8) is 0 Å². The van der Waals surface area contributed by atoms with Crippen LogP contribution in [-0.4, -0.2) is 0 Å². The minimum absolute atomic E-state index is 1.12. The molecule has 2 heterocycles. The van der Waals surface area contributed by atoms with Gasteiger partial charge in [0.25, 0.3) is 0 Å². The first-order valence-corrected chi connectivity index (χ1v) is 18.9. The van der Waals surface area contributed by atoms with Crippen molar-refractivity contribution < 1.29 is 0 Å². The molecule has 1 nitrogen and oxygen atoms in total. The number of nitrogens with zero attached hydrogens (tertiary/aromatic N) is 1. The Balaban J connectivity index is 1.17. The fourth-order valence-electron chi connectivity index (χ4n) is 7.40. The minimum Gasteiger partial charge on any atom is -0.308 e. The third-order valence-corrected chi connectivity index (χ3v) is 12.2. The number of hydrogen-bond acceptors (Lipinski definition) is 3. The predicted molar refractivity (Wildman–Crippen MR) is 223 cm³/mol. The normalized spacial score (nSPS) is 11.5. The third kappa shape index (κ3) is 5.21. The van der Waals surface area contributed by atoms with Gasteiger partial charge in [-0.2, -0.15) is 0 Å². The van der Waals surface area contributed by atoms with Crippen LogP contribution < -0.4 is 4.90 Å². The number of benzene rings is 8. The molecule has 0 unspecified atom stereocenters. The van der Waals surface area contributed by atoms with Crippen LogP contribution in [0.1, 0.15) is 0 Å². The van der Waals surface area contributed by atoms with Crippen molar-refractivity contribution in [3.05, 3.63) is 188 Å². The smallest absolute Gasteiger partial charge is 0.0718 e. The van der Waals surface area contributed by atoms with E-state index < -0.39 is 0 Å². The van der Waals surface area contributed by atoms with Crippen LogP contribution in [0.3, 0.4) is 0 Å². The molecule has 0 N–H and O–H groups in total. The summed E-state index contributed by atoms with van der Waals surface area (Å²) in [6, 6.07) is 68.6. The Morgan fingerprint density at radius 2 is 0.784 bits per heavy atom. The van der Waals surface area contributed by atoms with Crippen LogP contribution in [-0.2, 0) is 0 Å². The Morgan fingerprint density at radius 3 is 1.45 bits per heavy atom. The highest BCUT2D eigenvalue weighted by atomic mass is 32.1. The fraction of sp³-hybridized carbons (Fsp3) is 0. The molecule has 0 fully saturated rings. The zero-order valence-corrected chi connectivity index (χ0v) is 29.3. The van der Waals surface area contributed by atoms with E-state index in [2.05, 4.69) is 193 Å². The highest BCUT2D eigenvalue weighted by Gasteiger charge is 2.23. The maximum absolute atomic E-state index is 2.47. The van der Waals surface area contributed by atoms with Crippen LogP contribution >= 0.6 is 22.7 Å². The molecule has 10 aromatic rings. The average molecular weight is 686 g/mol.